The van der Waals surface area contributed by atoms with Crippen LogP contribution in [0.2, 0.25) is 0 Å². The molecule has 0 aromatic carbocycles. The van der Waals surface area contributed by atoms with E-state index in [-0.39, 0.29) is 5.97 Å². The van der Waals surface area contributed by atoms with Crippen molar-refractivity contribution in [3.05, 3.63) is 29.6 Å². The van der Waals surface area contributed by atoms with E-state index in [4.69, 9.17) is 0 Å². The van der Waals surface area contributed by atoms with Crippen molar-refractivity contribution >= 4 is 5.97 Å². The predicted molar refractivity (Wildman–Crippen MR) is 68.3 cm³/mol. The van der Waals surface area contributed by atoms with Crippen LogP contribution in [0.15, 0.2) is 18.2 Å². The van der Waals surface area contributed by atoms with Crippen molar-refractivity contribution in [1.29, 1.82) is 0 Å². The number of rotatable bonds is 3. The third-order valence-electron chi connectivity index (χ3n) is 3.02. The first-order chi connectivity index (χ1) is 8.79. The molecule has 5 heteroatoms. The van der Waals surface area contributed by atoms with Crippen LogP contribution in [0.3, 0.4) is 0 Å². The van der Waals surface area contributed by atoms with E-state index in [0.717, 1.165) is 44.8 Å². The lowest BCUT2D eigenvalue weighted by molar-refractivity contribution is 0.0593. The fourth-order valence-electron chi connectivity index (χ4n) is 2.07. The number of carbonyl (C=O) groups is 1. The summed E-state index contributed by atoms with van der Waals surface area (Å²) in [7, 11) is 1.37. The molecule has 1 aliphatic heterocycles. The minimum Gasteiger partial charge on any atom is -0.464 e. The van der Waals surface area contributed by atoms with Crippen molar-refractivity contribution in [3.8, 4) is 0 Å². The maximum atomic E-state index is 11.4. The van der Waals surface area contributed by atoms with Crippen molar-refractivity contribution in [2.75, 3.05) is 33.3 Å². The van der Waals surface area contributed by atoms with Gasteiger partial charge in [-0.15, -0.1) is 0 Å². The number of nitrogens with zero attached hydrogens (tertiary/aromatic N) is 2. The molecule has 0 saturated carbocycles. The van der Waals surface area contributed by atoms with Crippen molar-refractivity contribution in [3.63, 3.8) is 0 Å². The smallest absolute Gasteiger partial charge is 0.356 e. The van der Waals surface area contributed by atoms with Gasteiger partial charge in [0.05, 0.1) is 12.8 Å². The summed E-state index contributed by atoms with van der Waals surface area (Å²) in [5.41, 5.74) is 1.29. The Kier molecular flexibility index (Phi) is 4.66. The molecule has 98 valence electrons. The van der Waals surface area contributed by atoms with Crippen LogP contribution in [0.5, 0.6) is 0 Å². The van der Waals surface area contributed by atoms with Crippen LogP contribution < -0.4 is 5.32 Å². The highest BCUT2D eigenvalue weighted by atomic mass is 16.5. The molecule has 1 aromatic rings. The van der Waals surface area contributed by atoms with Crippen LogP contribution in [-0.2, 0) is 11.3 Å². The molecule has 0 atom stereocenters. The standard InChI is InChI=1S/C13H19N3O2/c1-18-13(17)12-5-2-4-11(15-12)10-16-8-3-6-14-7-9-16/h2,4-5,14H,3,6-10H2,1H3. The molecule has 0 unspecified atom stereocenters. The van der Waals surface area contributed by atoms with E-state index in [0.29, 0.717) is 5.69 Å². The third kappa shape index (κ3) is 3.51. The van der Waals surface area contributed by atoms with Gasteiger partial charge in [-0.25, -0.2) is 9.78 Å². The Bertz CT molecular complexity index is 401. The fourth-order valence-corrected chi connectivity index (χ4v) is 2.07. The average Bonchev–Trinajstić information content (AvgIpc) is 2.67. The Balaban J connectivity index is 2.01. The normalized spacial score (nSPS) is 17.2. The van der Waals surface area contributed by atoms with Crippen LogP contribution in [0.4, 0.5) is 0 Å². The summed E-state index contributed by atoms with van der Waals surface area (Å²) in [6.45, 7) is 4.95. The largest absolute Gasteiger partial charge is 0.464 e. The molecule has 2 heterocycles. The zero-order valence-corrected chi connectivity index (χ0v) is 10.7. The maximum Gasteiger partial charge on any atom is 0.356 e. The van der Waals surface area contributed by atoms with Crippen LogP contribution in [-0.4, -0.2) is 49.1 Å². The highest BCUT2D eigenvalue weighted by Crippen LogP contribution is 2.06. The van der Waals surface area contributed by atoms with E-state index in [1.54, 1.807) is 6.07 Å². The topological polar surface area (TPSA) is 54.5 Å². The van der Waals surface area contributed by atoms with Gasteiger partial charge in [-0.3, -0.25) is 4.90 Å². The number of pyridine rings is 1. The zero-order chi connectivity index (χ0) is 12.8. The molecule has 1 saturated heterocycles. The number of ether oxygens (including phenoxy) is 1. The van der Waals surface area contributed by atoms with Crippen molar-refractivity contribution in [1.82, 2.24) is 15.2 Å². The molecule has 5 nitrogen and oxygen atoms in total. The first-order valence-electron chi connectivity index (χ1n) is 6.27. The Morgan fingerprint density at radius 3 is 3.17 bits per heavy atom. The molecule has 0 aliphatic carbocycles. The molecule has 0 amide bonds. The lowest BCUT2D eigenvalue weighted by Gasteiger charge is -2.18. The van der Waals surface area contributed by atoms with E-state index in [2.05, 4.69) is 19.9 Å². The van der Waals surface area contributed by atoms with Gasteiger partial charge in [0, 0.05) is 19.6 Å². The fraction of sp³-hybridized carbons (Fsp3) is 0.538. The molecule has 18 heavy (non-hydrogen) atoms. The van der Waals surface area contributed by atoms with Crippen LogP contribution >= 0.6 is 0 Å². The molecule has 1 aromatic heterocycles. The van der Waals surface area contributed by atoms with Gasteiger partial charge >= 0.3 is 5.97 Å². The quantitative estimate of drug-likeness (QED) is 0.798. The number of hydrogen-bond donors (Lipinski definition) is 1. The summed E-state index contributed by atoms with van der Waals surface area (Å²) in [5, 5.41) is 3.37. The second-order valence-corrected chi connectivity index (χ2v) is 4.39. The van der Waals surface area contributed by atoms with Gasteiger partial charge in [-0.2, -0.15) is 0 Å². The SMILES string of the molecule is COC(=O)c1cccc(CN2CCCNCC2)n1. The van der Waals surface area contributed by atoms with Crippen LogP contribution in [0, 0.1) is 0 Å². The van der Waals surface area contributed by atoms with Gasteiger partial charge in [0.2, 0.25) is 0 Å². The van der Waals surface area contributed by atoms with Gasteiger partial charge in [0.1, 0.15) is 5.69 Å². The number of hydrogen-bond acceptors (Lipinski definition) is 5. The predicted octanol–water partition coefficient (Wildman–Crippen LogP) is 0.663. The van der Waals surface area contributed by atoms with Crippen molar-refractivity contribution in [2.45, 2.75) is 13.0 Å². The Morgan fingerprint density at radius 1 is 1.44 bits per heavy atom. The molecule has 1 N–H and O–H groups in total. The second-order valence-electron chi connectivity index (χ2n) is 4.39. The molecule has 0 bridgehead atoms. The van der Waals surface area contributed by atoms with E-state index in [1.165, 1.54) is 7.11 Å². The zero-order valence-electron chi connectivity index (χ0n) is 10.7. The molecular weight excluding hydrogens is 230 g/mol. The first-order valence-corrected chi connectivity index (χ1v) is 6.27. The highest BCUT2D eigenvalue weighted by molar-refractivity contribution is 5.87. The first kappa shape index (κ1) is 13.0. The molecular formula is C13H19N3O2. The minimum absolute atomic E-state index is 0.378. The summed E-state index contributed by atoms with van der Waals surface area (Å²) < 4.78 is 4.68. The Morgan fingerprint density at radius 2 is 2.33 bits per heavy atom. The maximum absolute atomic E-state index is 11.4. The number of carbonyl (C=O) groups excluding carboxylic acids is 1. The second kappa shape index (κ2) is 6.47. The summed E-state index contributed by atoms with van der Waals surface area (Å²) in [4.78, 5) is 18.1. The van der Waals surface area contributed by atoms with Gasteiger partial charge in [-0.05, 0) is 31.6 Å². The third-order valence-corrected chi connectivity index (χ3v) is 3.02. The van der Waals surface area contributed by atoms with Gasteiger partial charge in [-0.1, -0.05) is 6.07 Å². The highest BCUT2D eigenvalue weighted by Gasteiger charge is 2.12. The van der Waals surface area contributed by atoms with E-state index < -0.39 is 0 Å². The number of aromatic nitrogens is 1. The van der Waals surface area contributed by atoms with Gasteiger partial charge in [0.25, 0.3) is 0 Å². The monoisotopic (exact) mass is 249 g/mol. The van der Waals surface area contributed by atoms with E-state index in [9.17, 15) is 4.79 Å². The Labute approximate surface area is 107 Å². The molecule has 2 rings (SSSR count). The summed E-state index contributed by atoms with van der Waals surface area (Å²) in [6, 6.07) is 5.48. The molecule has 1 aliphatic rings. The number of methoxy groups -OCH3 is 1. The number of esters is 1. The van der Waals surface area contributed by atoms with Gasteiger partial charge < -0.3 is 10.1 Å². The van der Waals surface area contributed by atoms with E-state index in [1.807, 2.05) is 12.1 Å². The van der Waals surface area contributed by atoms with Crippen LogP contribution in [0.1, 0.15) is 22.6 Å². The lowest BCUT2D eigenvalue weighted by Crippen LogP contribution is -2.28. The lowest BCUT2D eigenvalue weighted by atomic mass is 10.2. The molecule has 1 fully saturated rings. The minimum atomic E-state index is -0.380. The number of nitrogens with one attached hydrogen (secondary N) is 1. The molecule has 0 spiro atoms. The van der Waals surface area contributed by atoms with Crippen molar-refractivity contribution in [2.24, 2.45) is 0 Å². The van der Waals surface area contributed by atoms with Crippen LogP contribution in [0.25, 0.3) is 0 Å². The van der Waals surface area contributed by atoms with Gasteiger partial charge in [0.15, 0.2) is 0 Å². The van der Waals surface area contributed by atoms with Crippen molar-refractivity contribution < 1.29 is 9.53 Å². The molecule has 0 radical (unpaired) electrons. The average molecular weight is 249 g/mol. The summed E-state index contributed by atoms with van der Waals surface area (Å²) in [5.74, 6) is -0.380. The summed E-state index contributed by atoms with van der Waals surface area (Å²) in [6.07, 6.45) is 1.15. The van der Waals surface area contributed by atoms with E-state index >= 15 is 0 Å². The Hall–Kier alpha value is -1.46. The summed E-state index contributed by atoms with van der Waals surface area (Å²) >= 11 is 0.